The molecule has 1 heterocycles. The Hall–Kier alpha value is -1.67. The van der Waals surface area contributed by atoms with Crippen LogP contribution in [-0.2, 0) is 0 Å². The molecule has 2 rings (SSSR count). The van der Waals surface area contributed by atoms with Gasteiger partial charge in [0.05, 0.1) is 23.9 Å². The summed E-state index contributed by atoms with van der Waals surface area (Å²) in [4.78, 5) is 0. The van der Waals surface area contributed by atoms with Crippen LogP contribution < -0.4 is 9.47 Å². The number of nitrogens with one attached hydrogen (secondary N) is 1. The molecule has 0 aliphatic carbocycles. The second-order valence-corrected chi connectivity index (χ2v) is 7.04. The number of hydrogen-bond donors (Lipinski definition) is 1. The number of rotatable bonds is 6. The number of halogens is 1. The molecule has 0 atom stereocenters. The molecule has 0 amide bonds. The van der Waals surface area contributed by atoms with Crippen LogP contribution in [0.15, 0.2) is 21.7 Å². The van der Waals surface area contributed by atoms with E-state index in [2.05, 4.69) is 31.2 Å². The summed E-state index contributed by atoms with van der Waals surface area (Å²) in [7, 11) is 1.61. The van der Waals surface area contributed by atoms with Crippen molar-refractivity contribution >= 4 is 34.4 Å². The van der Waals surface area contributed by atoms with E-state index in [-0.39, 0.29) is 12.0 Å². The summed E-state index contributed by atoms with van der Waals surface area (Å²) in [6.45, 7) is 8.01. The predicted molar refractivity (Wildman–Crippen MR) is 101 cm³/mol. The fraction of sp³-hybridized carbons (Fsp3) is 0.438. The number of ether oxygens (including phenoxy) is 2. The number of aromatic amines is 1. The molecule has 0 bridgehead atoms. The zero-order chi connectivity index (χ0) is 17.9. The molecule has 6 nitrogen and oxygen atoms in total. The summed E-state index contributed by atoms with van der Waals surface area (Å²) in [5.41, 5.74) is 0.854. The maximum Gasteiger partial charge on any atom is 0.216 e. The van der Waals surface area contributed by atoms with E-state index in [9.17, 15) is 0 Å². The van der Waals surface area contributed by atoms with Crippen LogP contribution in [0, 0.1) is 4.77 Å². The molecule has 24 heavy (non-hydrogen) atoms. The zero-order valence-electron chi connectivity index (χ0n) is 14.3. The highest BCUT2D eigenvalue weighted by Crippen LogP contribution is 2.37. The topological polar surface area (TPSA) is 64.4 Å². The first kappa shape index (κ1) is 18.7. The molecule has 0 spiro atoms. The molecule has 0 saturated heterocycles. The summed E-state index contributed by atoms with van der Waals surface area (Å²) in [5.74, 6) is 2.30. The molecule has 1 aromatic carbocycles. The summed E-state index contributed by atoms with van der Waals surface area (Å²) < 4.78 is 14.1. The smallest absolute Gasteiger partial charge is 0.216 e. The van der Waals surface area contributed by atoms with E-state index >= 15 is 0 Å². The highest BCUT2D eigenvalue weighted by molar-refractivity contribution is 9.10. The van der Waals surface area contributed by atoms with Gasteiger partial charge in [-0.1, -0.05) is 13.8 Å². The summed E-state index contributed by atoms with van der Waals surface area (Å²) >= 11 is 8.75. The molecule has 1 N–H and O–H groups in total. The van der Waals surface area contributed by atoms with Gasteiger partial charge < -0.3 is 9.47 Å². The molecular weight excluding hydrogens is 392 g/mol. The Morgan fingerprint density at radius 2 is 2.04 bits per heavy atom. The molecule has 0 saturated carbocycles. The maximum atomic E-state index is 5.79. The number of H-pyrrole nitrogens is 1. The Labute approximate surface area is 155 Å². The van der Waals surface area contributed by atoms with Gasteiger partial charge >= 0.3 is 0 Å². The summed E-state index contributed by atoms with van der Waals surface area (Å²) in [5, 5.41) is 11.4. The van der Waals surface area contributed by atoms with Gasteiger partial charge in [0.1, 0.15) is 0 Å². The van der Waals surface area contributed by atoms with E-state index in [0.29, 0.717) is 16.3 Å². The standard InChI is InChI=1S/C16H21BrN4O2S/c1-9(2)15-19-20-16(24)21(15)18-8-11-6-12(17)14(23-10(3)4)13(7-11)22-5/h6-10H,1-5H3,(H,20,24)/b18-8-. The minimum Gasteiger partial charge on any atom is -0.493 e. The molecule has 2 aromatic rings. The third-order valence-electron chi connectivity index (χ3n) is 3.12. The van der Waals surface area contributed by atoms with Gasteiger partial charge in [0.2, 0.25) is 4.77 Å². The van der Waals surface area contributed by atoms with Crippen molar-refractivity contribution in [2.75, 3.05) is 7.11 Å². The van der Waals surface area contributed by atoms with Crippen molar-refractivity contribution in [2.45, 2.75) is 39.7 Å². The lowest BCUT2D eigenvalue weighted by atomic mass is 10.2. The van der Waals surface area contributed by atoms with Crippen molar-refractivity contribution in [3.05, 3.63) is 32.8 Å². The van der Waals surface area contributed by atoms with Crippen molar-refractivity contribution in [1.29, 1.82) is 0 Å². The van der Waals surface area contributed by atoms with E-state index in [0.717, 1.165) is 15.9 Å². The first-order chi connectivity index (χ1) is 11.3. The van der Waals surface area contributed by atoms with Crippen molar-refractivity contribution in [3.63, 3.8) is 0 Å². The number of nitrogens with zero attached hydrogens (tertiary/aromatic N) is 3. The van der Waals surface area contributed by atoms with Crippen LogP contribution in [0.5, 0.6) is 11.5 Å². The number of aromatic nitrogens is 3. The first-order valence-electron chi connectivity index (χ1n) is 7.59. The molecule has 1 aromatic heterocycles. The monoisotopic (exact) mass is 412 g/mol. The molecule has 0 aliphatic rings. The SMILES string of the molecule is COc1cc(/C=N\n2c(C(C)C)n[nH]c2=S)cc(Br)c1OC(C)C. The summed E-state index contributed by atoms with van der Waals surface area (Å²) in [6.07, 6.45) is 1.76. The van der Waals surface area contributed by atoms with Crippen LogP contribution in [0.1, 0.15) is 45.0 Å². The molecule has 0 unspecified atom stereocenters. The van der Waals surface area contributed by atoms with E-state index in [1.807, 2.05) is 39.8 Å². The second kappa shape index (κ2) is 7.94. The van der Waals surface area contributed by atoms with Gasteiger partial charge in [-0.2, -0.15) is 14.9 Å². The van der Waals surface area contributed by atoms with E-state index in [1.54, 1.807) is 18.0 Å². The van der Waals surface area contributed by atoms with Gasteiger partial charge in [0.15, 0.2) is 17.3 Å². The van der Waals surface area contributed by atoms with Crippen LogP contribution in [0.3, 0.4) is 0 Å². The molecule has 0 fully saturated rings. The fourth-order valence-corrected chi connectivity index (χ4v) is 2.82. The molecule has 8 heteroatoms. The Balaban J connectivity index is 2.39. The quantitative estimate of drug-likeness (QED) is 0.559. The van der Waals surface area contributed by atoms with Gasteiger partial charge in [-0.25, -0.2) is 0 Å². The maximum absolute atomic E-state index is 5.79. The number of hydrogen-bond acceptors (Lipinski definition) is 5. The molecule has 0 radical (unpaired) electrons. The van der Waals surface area contributed by atoms with Crippen LogP contribution in [-0.4, -0.2) is 34.3 Å². The lowest BCUT2D eigenvalue weighted by Gasteiger charge is -2.15. The van der Waals surface area contributed by atoms with Crippen LogP contribution >= 0.6 is 28.1 Å². The molecular formula is C16H21BrN4O2S. The highest BCUT2D eigenvalue weighted by atomic mass is 79.9. The summed E-state index contributed by atoms with van der Waals surface area (Å²) in [6, 6.07) is 3.78. The Bertz CT molecular complexity index is 796. The lowest BCUT2D eigenvalue weighted by Crippen LogP contribution is -2.07. The van der Waals surface area contributed by atoms with Crippen LogP contribution in [0.25, 0.3) is 0 Å². The van der Waals surface area contributed by atoms with Crippen LogP contribution in [0.2, 0.25) is 0 Å². The third kappa shape index (κ3) is 4.24. The Morgan fingerprint density at radius 3 is 2.62 bits per heavy atom. The normalized spacial score (nSPS) is 11.7. The fourth-order valence-electron chi connectivity index (χ4n) is 2.08. The van der Waals surface area contributed by atoms with Gasteiger partial charge in [0, 0.05) is 5.92 Å². The first-order valence-corrected chi connectivity index (χ1v) is 8.79. The highest BCUT2D eigenvalue weighted by Gasteiger charge is 2.13. The van der Waals surface area contributed by atoms with E-state index in [4.69, 9.17) is 21.7 Å². The minimum atomic E-state index is 0.0487. The van der Waals surface area contributed by atoms with E-state index in [1.165, 1.54) is 0 Å². The van der Waals surface area contributed by atoms with Crippen LogP contribution in [0.4, 0.5) is 0 Å². The molecule has 0 aliphatic heterocycles. The Kier molecular flexibility index (Phi) is 6.17. The van der Waals surface area contributed by atoms with Crippen molar-refractivity contribution in [3.8, 4) is 11.5 Å². The second-order valence-electron chi connectivity index (χ2n) is 5.80. The molecule has 130 valence electrons. The third-order valence-corrected chi connectivity index (χ3v) is 3.97. The number of methoxy groups -OCH3 is 1. The van der Waals surface area contributed by atoms with Crippen molar-refractivity contribution in [2.24, 2.45) is 5.10 Å². The van der Waals surface area contributed by atoms with Crippen molar-refractivity contribution in [1.82, 2.24) is 14.9 Å². The zero-order valence-corrected chi connectivity index (χ0v) is 16.7. The average Bonchev–Trinajstić information content (AvgIpc) is 2.88. The predicted octanol–water partition coefficient (Wildman–Crippen LogP) is 4.50. The van der Waals surface area contributed by atoms with E-state index < -0.39 is 0 Å². The largest absolute Gasteiger partial charge is 0.493 e. The van der Waals surface area contributed by atoms with Crippen molar-refractivity contribution < 1.29 is 9.47 Å². The lowest BCUT2D eigenvalue weighted by molar-refractivity contribution is 0.228. The van der Waals surface area contributed by atoms with Gasteiger partial charge in [-0.05, 0) is 59.7 Å². The Morgan fingerprint density at radius 1 is 1.33 bits per heavy atom. The van der Waals surface area contributed by atoms with Gasteiger partial charge in [-0.3, -0.25) is 5.10 Å². The van der Waals surface area contributed by atoms with Gasteiger partial charge in [-0.15, -0.1) is 0 Å². The minimum absolute atomic E-state index is 0.0487. The average molecular weight is 413 g/mol. The van der Waals surface area contributed by atoms with Gasteiger partial charge in [0.25, 0.3) is 0 Å². The number of benzene rings is 1.